The first-order chi connectivity index (χ1) is 13.7. The molecule has 2 aliphatic rings. The minimum atomic E-state index is -0.382. The van der Waals surface area contributed by atoms with Gasteiger partial charge in [0.1, 0.15) is 0 Å². The van der Waals surface area contributed by atoms with Crippen LogP contribution in [0.1, 0.15) is 16.8 Å². The molecule has 142 valence electrons. The number of rotatable bonds is 4. The molecule has 4 heterocycles. The lowest BCUT2D eigenvalue weighted by molar-refractivity contribution is -0.145. The molecule has 1 amide bonds. The quantitative estimate of drug-likeness (QED) is 0.687. The second-order valence-electron chi connectivity index (χ2n) is 7.70. The van der Waals surface area contributed by atoms with Crippen molar-refractivity contribution in [2.24, 2.45) is 5.41 Å². The van der Waals surface area contributed by atoms with Crippen LogP contribution in [0.2, 0.25) is 0 Å². The average molecular weight is 391 g/mol. The highest BCUT2D eigenvalue weighted by atomic mass is 32.1. The number of nitrogens with zero attached hydrogens (tertiary/aromatic N) is 4. The normalized spacial score (nSPS) is 17.7. The van der Waals surface area contributed by atoms with Crippen LogP contribution in [0.3, 0.4) is 0 Å². The van der Waals surface area contributed by atoms with Gasteiger partial charge in [0.05, 0.1) is 5.41 Å². The number of carbonyl (C=O) groups is 1. The van der Waals surface area contributed by atoms with Crippen LogP contribution in [-0.2, 0) is 24.2 Å². The molecule has 0 radical (unpaired) electrons. The molecule has 28 heavy (non-hydrogen) atoms. The van der Waals surface area contributed by atoms with Gasteiger partial charge in [-0.05, 0) is 23.6 Å². The van der Waals surface area contributed by atoms with Gasteiger partial charge < -0.3 is 9.80 Å². The Bertz CT molecular complexity index is 967. The zero-order valence-corrected chi connectivity index (χ0v) is 16.4. The zero-order chi connectivity index (χ0) is 19.0. The Morgan fingerprint density at radius 1 is 1.07 bits per heavy atom. The molecule has 0 N–H and O–H groups in total. The van der Waals surface area contributed by atoms with Gasteiger partial charge in [-0.15, -0.1) is 11.3 Å². The number of aromatic nitrogens is 2. The van der Waals surface area contributed by atoms with E-state index >= 15 is 0 Å². The molecular formula is C22H22N4OS. The van der Waals surface area contributed by atoms with Crippen molar-refractivity contribution >= 4 is 22.4 Å². The Morgan fingerprint density at radius 3 is 2.71 bits per heavy atom. The van der Waals surface area contributed by atoms with Crippen molar-refractivity contribution in [2.45, 2.75) is 19.4 Å². The predicted molar refractivity (Wildman–Crippen MR) is 110 cm³/mol. The number of amides is 1. The van der Waals surface area contributed by atoms with Gasteiger partial charge >= 0.3 is 0 Å². The summed E-state index contributed by atoms with van der Waals surface area (Å²) >= 11 is 1.63. The van der Waals surface area contributed by atoms with E-state index in [0.29, 0.717) is 6.54 Å². The Morgan fingerprint density at radius 2 is 1.93 bits per heavy atom. The lowest BCUT2D eigenvalue weighted by atomic mass is 9.73. The summed E-state index contributed by atoms with van der Waals surface area (Å²) in [6.45, 7) is 2.86. The summed E-state index contributed by atoms with van der Waals surface area (Å²) in [6.07, 6.45) is 5.27. The summed E-state index contributed by atoms with van der Waals surface area (Å²) in [5, 5.41) is 2.99. The highest BCUT2D eigenvalue weighted by molar-refractivity contribution is 7.13. The van der Waals surface area contributed by atoms with E-state index < -0.39 is 0 Å². The molecule has 0 saturated carbocycles. The van der Waals surface area contributed by atoms with E-state index in [1.807, 2.05) is 46.9 Å². The van der Waals surface area contributed by atoms with Gasteiger partial charge in [0, 0.05) is 56.1 Å². The minimum absolute atomic E-state index is 0.263. The largest absolute Gasteiger partial charge is 0.346 e. The Labute approximate surface area is 168 Å². The number of benzene rings is 1. The van der Waals surface area contributed by atoms with E-state index in [0.717, 1.165) is 43.3 Å². The van der Waals surface area contributed by atoms with Crippen LogP contribution >= 0.6 is 11.3 Å². The molecule has 3 aromatic rings. The average Bonchev–Trinajstić information content (AvgIpc) is 3.24. The predicted octanol–water partition coefficient (Wildman–Crippen LogP) is 3.17. The molecule has 5 rings (SSSR count). The Hall–Kier alpha value is -2.73. The number of pyridine rings is 1. The maximum atomic E-state index is 13.7. The van der Waals surface area contributed by atoms with Gasteiger partial charge in [0.25, 0.3) is 0 Å². The third-order valence-electron chi connectivity index (χ3n) is 5.77. The topological polar surface area (TPSA) is 49.3 Å². The molecule has 0 aliphatic carbocycles. The van der Waals surface area contributed by atoms with Crippen LogP contribution in [0, 0.1) is 5.41 Å². The van der Waals surface area contributed by atoms with Crippen LogP contribution in [0.5, 0.6) is 0 Å². The van der Waals surface area contributed by atoms with Crippen LogP contribution in [0.15, 0.2) is 60.2 Å². The van der Waals surface area contributed by atoms with Gasteiger partial charge in [-0.25, -0.2) is 4.98 Å². The number of carbonyl (C=O) groups excluding carboxylic acids is 1. The van der Waals surface area contributed by atoms with Crippen LogP contribution < -0.4 is 4.90 Å². The number of thiazole rings is 1. The van der Waals surface area contributed by atoms with Gasteiger partial charge in [-0.1, -0.05) is 36.4 Å². The molecule has 1 saturated heterocycles. The molecule has 2 aliphatic heterocycles. The third kappa shape index (κ3) is 3.07. The first-order valence-corrected chi connectivity index (χ1v) is 10.5. The summed E-state index contributed by atoms with van der Waals surface area (Å²) < 4.78 is 0. The highest BCUT2D eigenvalue weighted by Crippen LogP contribution is 2.40. The smallest absolute Gasteiger partial charge is 0.233 e. The molecule has 5 nitrogen and oxygen atoms in total. The summed E-state index contributed by atoms with van der Waals surface area (Å²) in [7, 11) is 0. The third-order valence-corrected chi connectivity index (χ3v) is 6.60. The molecule has 0 spiro atoms. The standard InChI is InChI=1S/C22H22N4OS/c27-20(25-11-8-19-18(14-25)7-4-9-23-19)22(13-17-5-2-1-3-6-17)15-26(16-22)21-24-10-12-28-21/h1-7,9-10,12H,8,11,13-16H2. The van der Waals surface area contributed by atoms with E-state index in [9.17, 15) is 4.79 Å². The van der Waals surface area contributed by atoms with Crippen molar-refractivity contribution in [1.82, 2.24) is 14.9 Å². The van der Waals surface area contributed by atoms with Crippen LogP contribution in [-0.4, -0.2) is 40.4 Å². The van der Waals surface area contributed by atoms with Gasteiger partial charge in [0.15, 0.2) is 5.13 Å². The van der Waals surface area contributed by atoms with E-state index in [2.05, 4.69) is 33.1 Å². The molecule has 0 atom stereocenters. The fourth-order valence-corrected chi connectivity index (χ4v) is 5.02. The first kappa shape index (κ1) is 17.4. The van der Waals surface area contributed by atoms with Gasteiger partial charge in [-0.2, -0.15) is 0 Å². The van der Waals surface area contributed by atoms with Crippen molar-refractivity contribution in [2.75, 3.05) is 24.5 Å². The molecular weight excluding hydrogens is 368 g/mol. The van der Waals surface area contributed by atoms with Crippen molar-refractivity contribution in [3.05, 3.63) is 77.1 Å². The SMILES string of the molecule is O=C(N1CCc2ncccc2C1)C1(Cc2ccccc2)CN(c2nccs2)C1. The zero-order valence-electron chi connectivity index (χ0n) is 15.6. The fourth-order valence-electron chi connectivity index (χ4n) is 4.38. The van der Waals surface area contributed by atoms with Crippen molar-refractivity contribution in [3.63, 3.8) is 0 Å². The molecule has 0 unspecified atom stereocenters. The van der Waals surface area contributed by atoms with Gasteiger partial charge in [0.2, 0.25) is 5.91 Å². The summed E-state index contributed by atoms with van der Waals surface area (Å²) in [6, 6.07) is 14.4. The van der Waals surface area contributed by atoms with E-state index in [1.165, 1.54) is 11.1 Å². The Kier molecular flexibility index (Phi) is 4.36. The summed E-state index contributed by atoms with van der Waals surface area (Å²) in [5.74, 6) is 0.263. The molecule has 6 heteroatoms. The van der Waals surface area contributed by atoms with Crippen LogP contribution in [0.25, 0.3) is 0 Å². The van der Waals surface area contributed by atoms with Gasteiger partial charge in [-0.3, -0.25) is 9.78 Å². The highest BCUT2D eigenvalue weighted by Gasteiger charge is 2.51. The first-order valence-electron chi connectivity index (χ1n) is 9.64. The number of hydrogen-bond acceptors (Lipinski definition) is 5. The maximum absolute atomic E-state index is 13.7. The Balaban J connectivity index is 1.39. The van der Waals surface area contributed by atoms with Crippen molar-refractivity contribution in [3.8, 4) is 0 Å². The van der Waals surface area contributed by atoms with E-state index in [-0.39, 0.29) is 11.3 Å². The second-order valence-corrected chi connectivity index (χ2v) is 8.57. The van der Waals surface area contributed by atoms with E-state index in [1.54, 1.807) is 11.3 Å². The lowest BCUT2D eigenvalue weighted by Crippen LogP contribution is -2.65. The number of fused-ring (bicyclic) bond motifs is 1. The second kappa shape index (κ2) is 7.02. The maximum Gasteiger partial charge on any atom is 0.233 e. The number of anilines is 1. The summed E-state index contributed by atoms with van der Waals surface area (Å²) in [5.41, 5.74) is 3.13. The molecule has 1 fully saturated rings. The summed E-state index contributed by atoms with van der Waals surface area (Å²) in [4.78, 5) is 26.8. The lowest BCUT2D eigenvalue weighted by Gasteiger charge is -2.51. The van der Waals surface area contributed by atoms with E-state index in [4.69, 9.17) is 0 Å². The van der Waals surface area contributed by atoms with Crippen LogP contribution in [0.4, 0.5) is 5.13 Å². The van der Waals surface area contributed by atoms with Crippen molar-refractivity contribution in [1.29, 1.82) is 0 Å². The monoisotopic (exact) mass is 390 g/mol. The molecule has 2 aromatic heterocycles. The molecule has 1 aromatic carbocycles. The minimum Gasteiger partial charge on any atom is -0.346 e. The fraction of sp³-hybridized carbons (Fsp3) is 0.318. The molecule has 0 bridgehead atoms. The van der Waals surface area contributed by atoms with Crippen molar-refractivity contribution < 1.29 is 4.79 Å². The number of hydrogen-bond donors (Lipinski definition) is 0.